The second-order valence-electron chi connectivity index (χ2n) is 2.56. The molecule has 1 spiro atoms. The van der Waals surface area contributed by atoms with Gasteiger partial charge >= 0.3 is 0 Å². The van der Waals surface area contributed by atoms with Crippen LogP contribution in [0.2, 0.25) is 0 Å². The van der Waals surface area contributed by atoms with Crippen molar-refractivity contribution < 1.29 is 9.63 Å². The van der Waals surface area contributed by atoms with Crippen LogP contribution in [0.3, 0.4) is 0 Å². The van der Waals surface area contributed by atoms with E-state index in [0.29, 0.717) is 13.0 Å². The molecule has 4 heteroatoms. The lowest BCUT2D eigenvalue weighted by Crippen LogP contribution is -2.58. The fraction of sp³-hybridized carbons (Fsp3) is 0.800. The molecule has 0 aromatic carbocycles. The zero-order valence-electron chi connectivity index (χ0n) is 4.94. The summed E-state index contributed by atoms with van der Waals surface area (Å²) in [6.07, 6.45) is 0.514. The Morgan fingerprint density at radius 3 is 2.56 bits per heavy atom. The number of hydrogen-bond donors (Lipinski definition) is 2. The monoisotopic (exact) mass is 128 g/mol. The number of carbonyl (C=O) groups is 1. The lowest BCUT2D eigenvalue weighted by molar-refractivity contribution is -0.192. The first-order valence-electron chi connectivity index (χ1n) is 2.98. The molecule has 0 aromatic heterocycles. The molecule has 50 valence electrons. The Balaban J connectivity index is 2.07. The van der Waals surface area contributed by atoms with Crippen LogP contribution in [0.25, 0.3) is 0 Å². The van der Waals surface area contributed by atoms with Crippen molar-refractivity contribution in [3.63, 3.8) is 0 Å². The molecular weight excluding hydrogens is 120 g/mol. The second-order valence-corrected chi connectivity index (χ2v) is 2.56. The van der Waals surface area contributed by atoms with Gasteiger partial charge in [-0.15, -0.1) is 0 Å². The van der Waals surface area contributed by atoms with Gasteiger partial charge in [-0.3, -0.25) is 9.63 Å². The van der Waals surface area contributed by atoms with Crippen LogP contribution in [0.5, 0.6) is 0 Å². The van der Waals surface area contributed by atoms with Gasteiger partial charge in [0.1, 0.15) is 5.60 Å². The molecule has 1 unspecified atom stereocenters. The maximum Gasteiger partial charge on any atom is 0.223 e. The molecule has 2 rings (SSSR count). The first kappa shape index (κ1) is 5.20. The maximum absolute atomic E-state index is 10.6. The van der Waals surface area contributed by atoms with Crippen LogP contribution in [0.15, 0.2) is 0 Å². The van der Waals surface area contributed by atoms with E-state index in [1.165, 1.54) is 0 Å². The van der Waals surface area contributed by atoms with Gasteiger partial charge in [0.2, 0.25) is 5.91 Å². The molecule has 0 saturated carbocycles. The third-order valence-corrected chi connectivity index (χ3v) is 1.77. The molecule has 2 heterocycles. The quantitative estimate of drug-likeness (QED) is 0.430. The summed E-state index contributed by atoms with van der Waals surface area (Å²) in [6, 6.07) is 0. The highest BCUT2D eigenvalue weighted by molar-refractivity contribution is 5.80. The maximum atomic E-state index is 10.6. The van der Waals surface area contributed by atoms with Gasteiger partial charge in [-0.05, 0) is 0 Å². The summed E-state index contributed by atoms with van der Waals surface area (Å²) < 4.78 is 0. The van der Waals surface area contributed by atoms with Crippen molar-refractivity contribution in [2.45, 2.75) is 12.0 Å². The molecule has 2 aliphatic rings. The topological polar surface area (TPSA) is 50.4 Å². The molecule has 4 nitrogen and oxygen atoms in total. The number of hydrogen-bond acceptors (Lipinski definition) is 3. The van der Waals surface area contributed by atoms with Crippen LogP contribution < -0.4 is 10.8 Å². The first-order chi connectivity index (χ1) is 4.31. The second kappa shape index (κ2) is 1.46. The molecule has 1 amide bonds. The van der Waals surface area contributed by atoms with E-state index in [2.05, 4.69) is 10.8 Å². The standard InChI is InChI=1S/C5H8N2O2/c8-4-1-5(2-6-4)3-7-9-5/h7H,1-3H2,(H,6,8). The van der Waals surface area contributed by atoms with Crippen LogP contribution >= 0.6 is 0 Å². The highest BCUT2D eigenvalue weighted by atomic mass is 16.7. The van der Waals surface area contributed by atoms with Crippen molar-refractivity contribution >= 4 is 5.91 Å². The smallest absolute Gasteiger partial charge is 0.223 e. The largest absolute Gasteiger partial charge is 0.353 e. The van der Waals surface area contributed by atoms with Crippen molar-refractivity contribution in [3.05, 3.63) is 0 Å². The van der Waals surface area contributed by atoms with Gasteiger partial charge in [0.15, 0.2) is 0 Å². The number of hydroxylamine groups is 1. The summed E-state index contributed by atoms with van der Waals surface area (Å²) in [5.41, 5.74) is 2.49. The molecule has 2 fully saturated rings. The zero-order valence-corrected chi connectivity index (χ0v) is 4.94. The predicted octanol–water partition coefficient (Wildman–Crippen LogP) is -1.22. The molecular formula is C5H8N2O2. The van der Waals surface area contributed by atoms with Gasteiger partial charge in [-0.1, -0.05) is 0 Å². The van der Waals surface area contributed by atoms with E-state index in [0.717, 1.165) is 6.54 Å². The minimum absolute atomic E-state index is 0.0940. The highest BCUT2D eigenvalue weighted by Gasteiger charge is 2.45. The van der Waals surface area contributed by atoms with Gasteiger partial charge < -0.3 is 5.32 Å². The van der Waals surface area contributed by atoms with E-state index in [1.807, 2.05) is 0 Å². The van der Waals surface area contributed by atoms with Crippen molar-refractivity contribution in [1.29, 1.82) is 0 Å². The highest BCUT2D eigenvalue weighted by Crippen LogP contribution is 2.23. The Kier molecular flexibility index (Phi) is 0.841. The Morgan fingerprint density at radius 1 is 1.56 bits per heavy atom. The van der Waals surface area contributed by atoms with Crippen LogP contribution in [0, 0.1) is 0 Å². The molecule has 0 aliphatic carbocycles. The van der Waals surface area contributed by atoms with Crippen molar-refractivity contribution in [3.8, 4) is 0 Å². The van der Waals surface area contributed by atoms with Gasteiger partial charge in [-0.2, -0.15) is 5.48 Å². The van der Waals surface area contributed by atoms with E-state index in [9.17, 15) is 4.79 Å². The molecule has 0 bridgehead atoms. The lowest BCUT2D eigenvalue weighted by Gasteiger charge is -2.36. The summed E-state index contributed by atoms with van der Waals surface area (Å²) in [7, 11) is 0. The summed E-state index contributed by atoms with van der Waals surface area (Å²) in [6.45, 7) is 1.46. The van der Waals surface area contributed by atoms with Crippen LogP contribution in [-0.2, 0) is 9.63 Å². The van der Waals surface area contributed by atoms with Gasteiger partial charge in [-0.25, -0.2) is 0 Å². The van der Waals surface area contributed by atoms with Gasteiger partial charge in [0, 0.05) is 0 Å². The van der Waals surface area contributed by atoms with E-state index in [4.69, 9.17) is 4.84 Å². The molecule has 1 atom stereocenters. The van der Waals surface area contributed by atoms with Crippen molar-refractivity contribution in [1.82, 2.24) is 10.8 Å². The molecule has 9 heavy (non-hydrogen) atoms. The average molecular weight is 128 g/mol. The molecule has 2 N–H and O–H groups in total. The average Bonchev–Trinajstić information content (AvgIpc) is 2.09. The number of rotatable bonds is 0. The number of nitrogens with one attached hydrogen (secondary N) is 2. The van der Waals surface area contributed by atoms with Crippen LogP contribution in [-0.4, -0.2) is 24.6 Å². The number of carbonyl (C=O) groups excluding carboxylic acids is 1. The number of amides is 1. The van der Waals surface area contributed by atoms with Crippen LogP contribution in [0.4, 0.5) is 0 Å². The van der Waals surface area contributed by atoms with E-state index in [1.54, 1.807) is 0 Å². The fourth-order valence-electron chi connectivity index (χ4n) is 1.15. The van der Waals surface area contributed by atoms with Gasteiger partial charge in [0.25, 0.3) is 0 Å². The first-order valence-corrected chi connectivity index (χ1v) is 2.98. The van der Waals surface area contributed by atoms with E-state index >= 15 is 0 Å². The Hall–Kier alpha value is -0.610. The van der Waals surface area contributed by atoms with Crippen molar-refractivity contribution in [2.24, 2.45) is 0 Å². The Morgan fingerprint density at radius 2 is 2.33 bits per heavy atom. The molecule has 2 saturated heterocycles. The molecule has 0 aromatic rings. The van der Waals surface area contributed by atoms with E-state index in [-0.39, 0.29) is 11.5 Å². The summed E-state index contributed by atoms with van der Waals surface area (Å²) in [5.74, 6) is 0.0940. The summed E-state index contributed by atoms with van der Waals surface area (Å²) in [5, 5.41) is 2.71. The van der Waals surface area contributed by atoms with Gasteiger partial charge in [0.05, 0.1) is 19.5 Å². The minimum atomic E-state index is -0.183. The normalized spacial score (nSPS) is 40.7. The zero-order chi connectivity index (χ0) is 6.32. The fourth-order valence-corrected chi connectivity index (χ4v) is 1.15. The Bertz CT molecular complexity index is 153. The summed E-state index contributed by atoms with van der Waals surface area (Å²) >= 11 is 0. The lowest BCUT2D eigenvalue weighted by atomic mass is 10.0. The third kappa shape index (κ3) is 0.635. The minimum Gasteiger partial charge on any atom is -0.353 e. The third-order valence-electron chi connectivity index (χ3n) is 1.77. The predicted molar refractivity (Wildman–Crippen MR) is 29.4 cm³/mol. The SMILES string of the molecule is O=C1CC2(CNO2)CN1. The van der Waals surface area contributed by atoms with E-state index < -0.39 is 0 Å². The van der Waals surface area contributed by atoms with Crippen molar-refractivity contribution in [2.75, 3.05) is 13.1 Å². The summed E-state index contributed by atoms with van der Waals surface area (Å²) in [4.78, 5) is 15.6. The van der Waals surface area contributed by atoms with Crippen LogP contribution in [0.1, 0.15) is 6.42 Å². The Labute approximate surface area is 52.5 Å². The molecule has 0 radical (unpaired) electrons. The molecule has 2 aliphatic heterocycles.